The molecular weight excluding hydrogens is 374 g/mol. The van der Waals surface area contributed by atoms with E-state index in [2.05, 4.69) is 4.98 Å². The molecule has 5 nitrogen and oxygen atoms in total. The summed E-state index contributed by atoms with van der Waals surface area (Å²) in [5, 5.41) is 0.471. The highest BCUT2D eigenvalue weighted by Crippen LogP contribution is 2.32. The normalized spacial score (nSPS) is 18.9. The predicted octanol–water partition coefficient (Wildman–Crippen LogP) is 5.19. The highest BCUT2D eigenvalue weighted by atomic mass is 16.6. The van der Waals surface area contributed by atoms with Gasteiger partial charge in [-0.2, -0.15) is 0 Å². The van der Waals surface area contributed by atoms with Gasteiger partial charge < -0.3 is 14.2 Å². The van der Waals surface area contributed by atoms with Crippen molar-refractivity contribution in [3.05, 3.63) is 64.6 Å². The molecule has 1 aromatic carbocycles. The summed E-state index contributed by atoms with van der Waals surface area (Å²) in [7, 11) is 0. The smallest absolute Gasteiger partial charge is 0.410 e. The average Bonchev–Trinajstić information content (AvgIpc) is 3.11. The third kappa shape index (κ3) is 4.20. The summed E-state index contributed by atoms with van der Waals surface area (Å²) in [6, 6.07) is 7.59. The summed E-state index contributed by atoms with van der Waals surface area (Å²) < 4.78 is 66.1. The first-order valence-corrected chi connectivity index (χ1v) is 10.0. The van der Waals surface area contributed by atoms with Crippen molar-refractivity contribution in [2.24, 2.45) is 0 Å². The predicted molar refractivity (Wildman–Crippen MR) is 120 cm³/mol. The van der Waals surface area contributed by atoms with E-state index in [9.17, 15) is 4.79 Å². The van der Waals surface area contributed by atoms with Gasteiger partial charge in [-0.15, -0.1) is 0 Å². The summed E-state index contributed by atoms with van der Waals surface area (Å²) in [4.78, 5) is 18.5. The second kappa shape index (κ2) is 7.78. The number of pyridine rings is 1. The van der Waals surface area contributed by atoms with Crippen LogP contribution >= 0.6 is 0 Å². The first kappa shape index (κ1) is 13.5. The molecule has 158 valence electrons. The Kier molecular flexibility index (Phi) is 3.50. The molecule has 0 atom stereocenters. The quantitative estimate of drug-likeness (QED) is 0.595. The van der Waals surface area contributed by atoms with E-state index >= 15 is 0 Å². The number of hydrogen-bond acceptors (Lipinski definition) is 3. The lowest BCUT2D eigenvalue weighted by atomic mass is 10.0. The first-order chi connectivity index (χ1) is 16.9. The first-order valence-electron chi connectivity index (χ1n) is 13.5. The van der Waals surface area contributed by atoms with Crippen LogP contribution in [0.3, 0.4) is 0 Å². The van der Waals surface area contributed by atoms with Gasteiger partial charge in [-0.3, -0.25) is 4.98 Å². The van der Waals surface area contributed by atoms with Crippen molar-refractivity contribution in [3.8, 4) is 0 Å². The van der Waals surface area contributed by atoms with Crippen molar-refractivity contribution in [1.29, 1.82) is 0 Å². The van der Waals surface area contributed by atoms with E-state index in [1.807, 2.05) is 0 Å². The van der Waals surface area contributed by atoms with Crippen molar-refractivity contribution < 1.29 is 19.1 Å². The van der Waals surface area contributed by atoms with E-state index in [0.29, 0.717) is 27.9 Å². The monoisotopic (exact) mass is 412 g/mol. The fourth-order valence-electron chi connectivity index (χ4n) is 3.63. The van der Waals surface area contributed by atoms with Crippen LogP contribution in [0.15, 0.2) is 36.5 Å². The Morgan fingerprint density at radius 1 is 1.30 bits per heavy atom. The van der Waals surface area contributed by atoms with Gasteiger partial charge in [0.1, 0.15) is 5.60 Å². The molecular formula is C25H31N3O2. The summed E-state index contributed by atoms with van der Waals surface area (Å²) in [5.74, 6) is 0. The van der Waals surface area contributed by atoms with Crippen LogP contribution in [0.2, 0.25) is 0 Å². The van der Waals surface area contributed by atoms with E-state index in [1.165, 1.54) is 39.9 Å². The highest BCUT2D eigenvalue weighted by Gasteiger charge is 2.29. The zero-order chi connectivity index (χ0) is 27.6. The Labute approximate surface area is 188 Å². The van der Waals surface area contributed by atoms with Crippen LogP contribution in [-0.2, 0) is 30.6 Å². The highest BCUT2D eigenvalue weighted by molar-refractivity contribution is 5.87. The molecule has 1 amide bonds. The topological polar surface area (TPSA) is 47.4 Å². The number of amides is 1. The number of hydrogen-bond donors (Lipinski definition) is 0. The maximum Gasteiger partial charge on any atom is 0.410 e. The molecule has 2 aromatic heterocycles. The maximum absolute atomic E-state index is 12.8. The number of benzene rings is 1. The standard InChI is InChI=1S/C25H31N3O2/c1-17-6-9-22-20(14-17)21-16-27(24(29)30-25(3,4)5)12-11-23(21)28(22)13-10-19-8-7-18(2)26-15-19/h6-9,14-15H,10-13,16H2,1-5H3/i1D3,10D2,13D2. The largest absolute Gasteiger partial charge is 0.444 e. The fraction of sp³-hybridized carbons (Fsp3) is 0.440. The second-order valence-corrected chi connectivity index (χ2v) is 8.57. The summed E-state index contributed by atoms with van der Waals surface area (Å²) in [5.41, 5.74) is 1.62. The van der Waals surface area contributed by atoms with Crippen LogP contribution in [-0.4, -0.2) is 32.7 Å². The Balaban J connectivity index is 1.90. The number of ether oxygens (including phenoxy) is 1. The lowest BCUT2D eigenvalue weighted by Crippen LogP contribution is -2.40. The van der Waals surface area contributed by atoms with Gasteiger partial charge in [0, 0.05) is 60.4 Å². The molecule has 0 bridgehead atoms. The summed E-state index contributed by atoms with van der Waals surface area (Å²) >= 11 is 0. The Hall–Kier alpha value is -2.82. The van der Waals surface area contributed by atoms with Gasteiger partial charge in [0.15, 0.2) is 0 Å². The molecule has 0 radical (unpaired) electrons. The molecule has 0 spiro atoms. The van der Waals surface area contributed by atoms with Crippen molar-refractivity contribution >= 4 is 17.0 Å². The van der Waals surface area contributed by atoms with Gasteiger partial charge in [-0.1, -0.05) is 17.7 Å². The molecule has 4 rings (SSSR count). The average molecular weight is 413 g/mol. The van der Waals surface area contributed by atoms with Gasteiger partial charge in [-0.25, -0.2) is 4.79 Å². The molecule has 0 unspecified atom stereocenters. The third-order valence-corrected chi connectivity index (χ3v) is 5.02. The number of carbonyl (C=O) groups is 1. The number of aromatic nitrogens is 2. The van der Waals surface area contributed by atoms with E-state index < -0.39 is 31.4 Å². The van der Waals surface area contributed by atoms with E-state index in [-0.39, 0.29) is 30.6 Å². The van der Waals surface area contributed by atoms with Crippen LogP contribution in [0.5, 0.6) is 0 Å². The maximum atomic E-state index is 12.8. The molecule has 0 fully saturated rings. The Bertz CT molecular complexity index is 1340. The van der Waals surface area contributed by atoms with Gasteiger partial charge in [-0.05, 0) is 64.7 Å². The molecule has 3 aromatic rings. The molecule has 0 aliphatic carbocycles. The minimum absolute atomic E-state index is 0.0839. The minimum atomic E-state index is -2.56. The van der Waals surface area contributed by atoms with Gasteiger partial charge in [0.25, 0.3) is 0 Å². The van der Waals surface area contributed by atoms with Gasteiger partial charge in [0.2, 0.25) is 0 Å². The fourth-order valence-corrected chi connectivity index (χ4v) is 3.63. The van der Waals surface area contributed by atoms with Crippen molar-refractivity contribution in [3.63, 3.8) is 0 Å². The molecule has 3 heterocycles. The lowest BCUT2D eigenvalue weighted by molar-refractivity contribution is 0.0223. The summed E-state index contributed by atoms with van der Waals surface area (Å²) in [6.45, 7) is 2.46. The molecule has 5 heteroatoms. The van der Waals surface area contributed by atoms with Crippen LogP contribution < -0.4 is 0 Å². The number of nitrogens with zero attached hydrogens (tertiary/aromatic N) is 3. The number of rotatable bonds is 3. The molecule has 1 aliphatic heterocycles. The summed E-state index contributed by atoms with van der Waals surface area (Å²) in [6.07, 6.45) is -1.41. The van der Waals surface area contributed by atoms with Gasteiger partial charge in [0.05, 0.1) is 9.29 Å². The number of aryl methyl sites for hydroxylation is 4. The third-order valence-electron chi connectivity index (χ3n) is 5.02. The Morgan fingerprint density at radius 3 is 2.83 bits per heavy atom. The van der Waals surface area contributed by atoms with E-state index in [0.717, 1.165) is 0 Å². The van der Waals surface area contributed by atoms with Crippen LogP contribution in [0.25, 0.3) is 10.9 Å². The van der Waals surface area contributed by atoms with E-state index in [1.54, 1.807) is 33.8 Å². The van der Waals surface area contributed by atoms with Crippen molar-refractivity contribution in [1.82, 2.24) is 14.5 Å². The number of fused-ring (bicyclic) bond motifs is 3. The zero-order valence-corrected chi connectivity index (χ0v) is 17.7. The lowest BCUT2D eigenvalue weighted by Gasteiger charge is -2.30. The number of carbonyl (C=O) groups excluding carboxylic acids is 1. The molecule has 0 saturated heterocycles. The van der Waals surface area contributed by atoms with Crippen LogP contribution in [0.1, 0.15) is 58.4 Å². The van der Waals surface area contributed by atoms with E-state index in [4.69, 9.17) is 14.3 Å². The second-order valence-electron chi connectivity index (χ2n) is 8.57. The molecule has 0 saturated carbocycles. The Morgan fingerprint density at radius 2 is 2.13 bits per heavy atom. The minimum Gasteiger partial charge on any atom is -0.444 e. The molecule has 30 heavy (non-hydrogen) atoms. The molecule has 1 aliphatic rings. The van der Waals surface area contributed by atoms with Crippen LogP contribution in [0, 0.1) is 13.8 Å². The van der Waals surface area contributed by atoms with Crippen molar-refractivity contribution in [2.45, 2.75) is 66.0 Å². The molecule has 0 N–H and O–H groups in total. The van der Waals surface area contributed by atoms with Gasteiger partial charge >= 0.3 is 6.09 Å². The van der Waals surface area contributed by atoms with Crippen molar-refractivity contribution in [2.75, 3.05) is 6.54 Å². The van der Waals surface area contributed by atoms with Crippen LogP contribution in [0.4, 0.5) is 4.79 Å². The zero-order valence-electron chi connectivity index (χ0n) is 24.7. The SMILES string of the molecule is [2H]C([2H])([2H])c1ccc2c(c1)c1c(n2C([2H])([2H])C([2H])([2H])c2ccc(C)nc2)CCN(C(=O)OC(C)(C)C)C1.